The van der Waals surface area contributed by atoms with Gasteiger partial charge in [0.25, 0.3) is 0 Å². The Labute approximate surface area is 144 Å². The molecule has 4 aliphatic carbocycles. The van der Waals surface area contributed by atoms with Gasteiger partial charge in [0.2, 0.25) is 0 Å². The number of aliphatic hydroxyl groups is 2. The smallest absolute Gasteiger partial charge is 0.178 e. The van der Waals surface area contributed by atoms with Crippen LogP contribution in [-0.4, -0.2) is 45.8 Å². The van der Waals surface area contributed by atoms with Crippen LogP contribution >= 0.6 is 0 Å². The largest absolute Gasteiger partial charge is 0.390 e. The first kappa shape index (κ1) is 17.0. The molecule has 3 saturated carbocycles. The molecule has 0 unspecified atom stereocenters. The van der Waals surface area contributed by atoms with Crippen molar-refractivity contribution < 1.29 is 28.6 Å². The van der Waals surface area contributed by atoms with E-state index in [9.17, 15) is 24.2 Å². The Kier molecular flexibility index (Phi) is 3.31. The molecule has 0 heterocycles. The number of ketones is 2. The summed E-state index contributed by atoms with van der Waals surface area (Å²) in [5, 5.41) is 20.8. The molecule has 0 saturated heterocycles. The summed E-state index contributed by atoms with van der Waals surface area (Å²) in [6, 6.07) is 0. The van der Waals surface area contributed by atoms with Crippen LogP contribution in [-0.2, 0) is 9.59 Å². The predicted molar refractivity (Wildman–Crippen MR) is 85.0 cm³/mol. The summed E-state index contributed by atoms with van der Waals surface area (Å²) in [7, 11) is 0. The summed E-state index contributed by atoms with van der Waals surface area (Å²) < 4.78 is 31.4. The lowest BCUT2D eigenvalue weighted by Crippen LogP contribution is -2.68. The van der Waals surface area contributed by atoms with E-state index in [1.165, 1.54) is 19.1 Å². The van der Waals surface area contributed by atoms with Crippen LogP contribution in [0, 0.1) is 22.7 Å². The van der Waals surface area contributed by atoms with Gasteiger partial charge in [-0.1, -0.05) is 13.0 Å². The van der Waals surface area contributed by atoms with E-state index in [-0.39, 0.29) is 24.8 Å². The number of hydrogen-bond donors (Lipinski definition) is 2. The molecule has 136 valence electrons. The molecule has 6 heteroatoms. The quantitative estimate of drug-likeness (QED) is 0.698. The third kappa shape index (κ3) is 1.82. The number of carbonyl (C=O) groups is 2. The molecule has 0 aromatic heterocycles. The molecule has 4 rings (SSSR count). The maximum absolute atomic E-state index is 16.5. The fourth-order valence-electron chi connectivity index (χ4n) is 6.00. The maximum Gasteiger partial charge on any atom is 0.178 e. The van der Waals surface area contributed by atoms with Gasteiger partial charge in [0, 0.05) is 16.7 Å². The van der Waals surface area contributed by atoms with Gasteiger partial charge in [0.15, 0.2) is 17.2 Å². The fourth-order valence-corrected chi connectivity index (χ4v) is 6.00. The van der Waals surface area contributed by atoms with E-state index in [1.807, 2.05) is 0 Å². The average molecular weight is 352 g/mol. The van der Waals surface area contributed by atoms with Crippen LogP contribution in [0.15, 0.2) is 23.8 Å². The minimum Gasteiger partial charge on any atom is -0.390 e. The molecule has 0 amide bonds. The number of hydrogen-bond acceptors (Lipinski definition) is 4. The third-order valence-electron chi connectivity index (χ3n) is 7.36. The molecule has 4 aliphatic rings. The first-order valence-electron chi connectivity index (χ1n) is 8.74. The summed E-state index contributed by atoms with van der Waals surface area (Å²) in [5.74, 6) is -2.22. The Morgan fingerprint density at radius 3 is 2.52 bits per heavy atom. The number of aliphatic hydroxyl groups excluding tert-OH is 2. The van der Waals surface area contributed by atoms with Crippen LogP contribution in [0.25, 0.3) is 0 Å². The van der Waals surface area contributed by atoms with Crippen molar-refractivity contribution in [2.45, 2.75) is 57.2 Å². The second-order valence-electron chi connectivity index (χ2n) is 8.48. The van der Waals surface area contributed by atoms with E-state index in [0.717, 1.165) is 6.08 Å². The molecule has 8 atom stereocenters. The lowest BCUT2D eigenvalue weighted by Gasteiger charge is -2.61. The molecule has 0 aliphatic heterocycles. The Bertz CT molecular complexity index is 731. The highest BCUT2D eigenvalue weighted by molar-refractivity contribution is 6.01. The summed E-state index contributed by atoms with van der Waals surface area (Å²) in [5.41, 5.74) is -4.62. The minimum absolute atomic E-state index is 0.0614. The number of rotatable bonds is 0. The van der Waals surface area contributed by atoms with Gasteiger partial charge >= 0.3 is 0 Å². The second kappa shape index (κ2) is 4.86. The van der Waals surface area contributed by atoms with Crippen LogP contribution < -0.4 is 0 Å². The zero-order chi connectivity index (χ0) is 18.4. The van der Waals surface area contributed by atoms with Gasteiger partial charge in [-0.2, -0.15) is 0 Å². The van der Waals surface area contributed by atoms with Gasteiger partial charge in [0.1, 0.15) is 12.3 Å². The molecular weight excluding hydrogens is 330 g/mol. The Hall–Kier alpha value is -1.40. The maximum atomic E-state index is 16.5. The molecule has 25 heavy (non-hydrogen) atoms. The molecule has 0 aromatic rings. The Morgan fingerprint density at radius 2 is 1.84 bits per heavy atom. The van der Waals surface area contributed by atoms with Crippen molar-refractivity contribution in [1.82, 2.24) is 0 Å². The number of alkyl halides is 2. The van der Waals surface area contributed by atoms with Crippen molar-refractivity contribution in [1.29, 1.82) is 0 Å². The molecular formula is C19H22F2O4. The van der Waals surface area contributed by atoms with Crippen LogP contribution in [0.4, 0.5) is 8.78 Å². The van der Waals surface area contributed by atoms with Crippen LogP contribution in [0.2, 0.25) is 0 Å². The zero-order valence-electron chi connectivity index (χ0n) is 14.2. The van der Waals surface area contributed by atoms with E-state index in [2.05, 4.69) is 0 Å². The van der Waals surface area contributed by atoms with Crippen molar-refractivity contribution in [2.75, 3.05) is 0 Å². The second-order valence-corrected chi connectivity index (χ2v) is 8.48. The molecule has 0 aromatic carbocycles. The summed E-state index contributed by atoms with van der Waals surface area (Å²) >= 11 is 0. The topological polar surface area (TPSA) is 74.6 Å². The van der Waals surface area contributed by atoms with Crippen molar-refractivity contribution in [2.24, 2.45) is 22.7 Å². The van der Waals surface area contributed by atoms with Crippen molar-refractivity contribution in [3.05, 3.63) is 23.8 Å². The highest BCUT2D eigenvalue weighted by Gasteiger charge is 2.73. The Balaban J connectivity index is 1.88. The van der Waals surface area contributed by atoms with Gasteiger partial charge in [-0.3, -0.25) is 9.59 Å². The predicted octanol–water partition coefficient (Wildman–Crippen LogP) is 1.85. The zero-order valence-corrected chi connectivity index (χ0v) is 14.2. The SMILES string of the molecule is C[C@]12C=CC(=O)C=C1[C@@H](F)C[C@H]1[C@@H]3C[C@@H](O)C(=O)[C@@]3(C)C[C@H](O)[C@@]12F. The van der Waals surface area contributed by atoms with E-state index in [4.69, 9.17) is 0 Å². The van der Waals surface area contributed by atoms with Crippen molar-refractivity contribution in [3.63, 3.8) is 0 Å². The Morgan fingerprint density at radius 1 is 1.16 bits per heavy atom. The standard InChI is InChI=1S/C19H22F2O4/c1-17-8-15(24)19(21)11(10(17)7-14(23)16(17)25)6-13(20)12-5-9(22)3-4-18(12,19)2/h3-5,10-11,13-15,23-24H,6-8H2,1-2H3/t10-,11-,13-,14+,15-,17-,18-,19-/m0/s1. The van der Waals surface area contributed by atoms with E-state index >= 15 is 4.39 Å². The van der Waals surface area contributed by atoms with E-state index in [1.54, 1.807) is 6.92 Å². The number of carbonyl (C=O) groups excluding carboxylic acids is 2. The van der Waals surface area contributed by atoms with Crippen LogP contribution in [0.5, 0.6) is 0 Å². The minimum atomic E-state index is -2.19. The molecule has 3 fully saturated rings. The number of halogens is 2. The molecule has 0 spiro atoms. The molecule has 2 N–H and O–H groups in total. The van der Waals surface area contributed by atoms with Gasteiger partial charge in [-0.05, 0) is 49.8 Å². The fraction of sp³-hybridized carbons (Fsp3) is 0.684. The number of allylic oxidation sites excluding steroid dienone is 4. The number of Topliss-reactive ketones (excluding diaryl/α,β-unsaturated/α-hetero) is 1. The van der Waals surface area contributed by atoms with Gasteiger partial charge in [-0.15, -0.1) is 0 Å². The van der Waals surface area contributed by atoms with Gasteiger partial charge in [0.05, 0.1) is 6.10 Å². The van der Waals surface area contributed by atoms with E-state index in [0.29, 0.717) is 0 Å². The summed E-state index contributed by atoms with van der Waals surface area (Å²) in [6.45, 7) is 3.15. The summed E-state index contributed by atoms with van der Waals surface area (Å²) in [6.07, 6.45) is -0.700. The number of fused-ring (bicyclic) bond motifs is 5. The lowest BCUT2D eigenvalue weighted by molar-refractivity contribution is -0.196. The summed E-state index contributed by atoms with van der Waals surface area (Å²) in [4.78, 5) is 24.1. The van der Waals surface area contributed by atoms with Gasteiger partial charge < -0.3 is 10.2 Å². The highest BCUT2D eigenvalue weighted by Crippen LogP contribution is 2.67. The monoisotopic (exact) mass is 352 g/mol. The first-order valence-corrected chi connectivity index (χ1v) is 8.74. The van der Waals surface area contributed by atoms with Gasteiger partial charge in [-0.25, -0.2) is 8.78 Å². The van der Waals surface area contributed by atoms with E-state index < -0.39 is 58.3 Å². The first-order chi connectivity index (χ1) is 11.6. The third-order valence-corrected chi connectivity index (χ3v) is 7.36. The molecule has 0 radical (unpaired) electrons. The normalized spacial score (nSPS) is 54.6. The highest BCUT2D eigenvalue weighted by atomic mass is 19.1. The molecule has 4 nitrogen and oxygen atoms in total. The molecule has 0 bridgehead atoms. The average Bonchev–Trinajstić information content (AvgIpc) is 2.76. The lowest BCUT2D eigenvalue weighted by atomic mass is 9.45. The van der Waals surface area contributed by atoms with Crippen LogP contribution in [0.3, 0.4) is 0 Å². The van der Waals surface area contributed by atoms with Crippen LogP contribution in [0.1, 0.15) is 33.1 Å². The van der Waals surface area contributed by atoms with Crippen molar-refractivity contribution in [3.8, 4) is 0 Å². The van der Waals surface area contributed by atoms with Crippen molar-refractivity contribution >= 4 is 11.6 Å².